The zero-order valence-electron chi connectivity index (χ0n) is 14.5. The maximum Gasteiger partial charge on any atom is 0.248 e. The molecule has 25 heavy (non-hydrogen) atoms. The zero-order chi connectivity index (χ0) is 18.8. The molecule has 0 atom stereocenters. The van der Waals surface area contributed by atoms with Crippen molar-refractivity contribution in [3.63, 3.8) is 0 Å². The first-order valence-corrected chi connectivity index (χ1v) is 13.0. The van der Waals surface area contributed by atoms with Crippen molar-refractivity contribution in [3.8, 4) is 11.4 Å². The van der Waals surface area contributed by atoms with E-state index in [-0.39, 0.29) is 23.3 Å². The molecular weight excluding hydrogens is 433 g/mol. The fourth-order valence-corrected chi connectivity index (χ4v) is 3.61. The van der Waals surface area contributed by atoms with Crippen LogP contribution in [0, 0.1) is 5.82 Å². The van der Waals surface area contributed by atoms with Crippen LogP contribution in [0.4, 0.5) is 4.39 Å². The minimum atomic E-state index is -3.62. The second-order valence-corrected chi connectivity index (χ2v) is 13.9. The van der Waals surface area contributed by atoms with Crippen molar-refractivity contribution in [2.75, 3.05) is 37.4 Å². The van der Waals surface area contributed by atoms with Gasteiger partial charge in [-0.2, -0.15) is 4.98 Å². The van der Waals surface area contributed by atoms with Crippen molar-refractivity contribution in [2.45, 2.75) is 11.9 Å². The van der Waals surface area contributed by atoms with Gasteiger partial charge in [-0.1, -0.05) is 15.9 Å². The molecule has 0 aliphatic heterocycles. The van der Waals surface area contributed by atoms with Gasteiger partial charge in [-0.05, 0) is 37.0 Å². The van der Waals surface area contributed by atoms with Crippen LogP contribution >= 0.6 is 26.0 Å². The highest BCUT2D eigenvalue weighted by molar-refractivity contribution is 9.10. The Labute approximate surface area is 157 Å². The molecule has 0 radical (unpaired) electrons. The van der Waals surface area contributed by atoms with E-state index >= 15 is 0 Å². The number of aromatic nitrogens is 3. The quantitative estimate of drug-likeness (QED) is 0.602. The van der Waals surface area contributed by atoms with Gasteiger partial charge in [-0.15, -0.1) is 5.10 Å². The van der Waals surface area contributed by atoms with E-state index in [0.717, 1.165) is 16.7 Å². The van der Waals surface area contributed by atoms with Gasteiger partial charge in [-0.3, -0.25) is 0 Å². The van der Waals surface area contributed by atoms with E-state index in [1.165, 1.54) is 12.1 Å². The average Bonchev–Trinajstić information content (AvgIpc) is 2.86. The number of rotatable bonds is 7. The van der Waals surface area contributed by atoms with Crippen LogP contribution in [0.1, 0.15) is 0 Å². The molecule has 0 saturated heterocycles. The summed E-state index contributed by atoms with van der Waals surface area (Å²) >= 11 is 3.18. The molecule has 0 bridgehead atoms. The van der Waals surface area contributed by atoms with Crippen LogP contribution in [0.5, 0.6) is 0 Å². The molecule has 0 saturated carbocycles. The van der Waals surface area contributed by atoms with Gasteiger partial charge in [0.2, 0.25) is 15.0 Å². The largest absolute Gasteiger partial charge is 0.358 e. The maximum absolute atomic E-state index is 14.1. The first-order chi connectivity index (χ1) is 11.5. The third-order valence-corrected chi connectivity index (χ3v) is 6.05. The van der Waals surface area contributed by atoms with Gasteiger partial charge in [0.1, 0.15) is 12.5 Å². The number of nitrogens with zero attached hydrogens (tertiary/aromatic N) is 3. The molecule has 0 amide bonds. The predicted octanol–water partition coefficient (Wildman–Crippen LogP) is 2.92. The van der Waals surface area contributed by atoms with Crippen LogP contribution < -0.4 is 0 Å². The van der Waals surface area contributed by atoms with Gasteiger partial charge in [0, 0.05) is 16.5 Å². The number of halogens is 2. The molecule has 2 rings (SSSR count). The molecule has 0 N–H and O–H groups in total. The second kappa shape index (κ2) is 7.73. The van der Waals surface area contributed by atoms with Crippen molar-refractivity contribution in [1.82, 2.24) is 14.8 Å². The minimum absolute atomic E-state index is 0.00970. The number of ether oxygens (including phenoxy) is 1. The Kier molecular flexibility index (Phi) is 6.29. The Bertz CT molecular complexity index is 863. The number of hydrogen-bond donors (Lipinski definition) is 0. The van der Waals surface area contributed by atoms with E-state index in [4.69, 9.17) is 4.74 Å². The number of hydrogen-bond acceptors (Lipinski definition) is 5. The zero-order valence-corrected chi connectivity index (χ0v) is 17.7. The summed E-state index contributed by atoms with van der Waals surface area (Å²) in [6.45, 7) is 0.437. The third-order valence-electron chi connectivity index (χ3n) is 3.20. The lowest BCUT2D eigenvalue weighted by atomic mass is 10.2. The average molecular weight is 454 g/mol. The molecule has 0 unspecified atom stereocenters. The molecule has 1 heterocycles. The number of benzene rings is 1. The fraction of sp³-hybridized carbons (Fsp3) is 0.467. The Hall–Kier alpha value is -0.970. The molecule has 1 aromatic carbocycles. The van der Waals surface area contributed by atoms with Crippen LogP contribution in [0.3, 0.4) is 0 Å². The molecule has 2 aromatic rings. The Morgan fingerprint density at radius 2 is 1.92 bits per heavy atom. The van der Waals surface area contributed by atoms with Gasteiger partial charge in [0.05, 0.1) is 12.2 Å². The Morgan fingerprint density at radius 3 is 2.48 bits per heavy atom. The standard InChI is InChI=1S/C15H21BrFN3O3S2/c1-24(2,3)8-7-23-10-20-15(25(4,21)22)18-14(19-20)12-6-5-11(16)9-13(12)17/h5-6,9H,7-8,10H2,1-4H3. The van der Waals surface area contributed by atoms with E-state index in [9.17, 15) is 12.8 Å². The summed E-state index contributed by atoms with van der Waals surface area (Å²) in [5, 5.41) is 3.88. The summed E-state index contributed by atoms with van der Waals surface area (Å²) in [6, 6.07) is 4.41. The van der Waals surface area contributed by atoms with Crippen molar-refractivity contribution in [1.29, 1.82) is 0 Å². The minimum Gasteiger partial charge on any atom is -0.358 e. The van der Waals surface area contributed by atoms with Crippen molar-refractivity contribution in [3.05, 3.63) is 28.5 Å². The molecule has 10 heteroatoms. The summed E-state index contributed by atoms with van der Waals surface area (Å²) in [7, 11) is -4.33. The first-order valence-electron chi connectivity index (χ1n) is 7.31. The first kappa shape index (κ1) is 20.3. The number of sulfone groups is 1. The van der Waals surface area contributed by atoms with Crippen molar-refractivity contribution >= 4 is 35.8 Å². The molecule has 0 fully saturated rings. The second-order valence-electron chi connectivity index (χ2n) is 6.45. The highest BCUT2D eigenvalue weighted by atomic mass is 79.9. The summed E-state index contributed by atoms with van der Waals surface area (Å²) in [5.74, 6) is 0.365. The van der Waals surface area contributed by atoms with Gasteiger partial charge >= 0.3 is 0 Å². The summed E-state index contributed by atoms with van der Waals surface area (Å²) < 4.78 is 45.3. The highest BCUT2D eigenvalue weighted by Gasteiger charge is 2.22. The lowest BCUT2D eigenvalue weighted by Gasteiger charge is -2.24. The molecule has 0 aliphatic rings. The fourth-order valence-electron chi connectivity index (χ4n) is 1.93. The lowest BCUT2D eigenvalue weighted by molar-refractivity contribution is 0.0738. The van der Waals surface area contributed by atoms with E-state index in [2.05, 4.69) is 44.8 Å². The third kappa shape index (κ3) is 5.77. The molecule has 0 aliphatic carbocycles. The Morgan fingerprint density at radius 1 is 1.24 bits per heavy atom. The van der Waals surface area contributed by atoms with E-state index < -0.39 is 25.7 Å². The summed E-state index contributed by atoms with van der Waals surface area (Å²) in [5.41, 5.74) is 0.131. The van der Waals surface area contributed by atoms with Crippen molar-refractivity contribution in [2.24, 2.45) is 0 Å². The van der Waals surface area contributed by atoms with Gasteiger partial charge in [0.15, 0.2) is 5.82 Å². The topological polar surface area (TPSA) is 74.1 Å². The van der Waals surface area contributed by atoms with Crippen LogP contribution in [0.15, 0.2) is 27.8 Å². The Balaban J connectivity index is 2.28. The predicted molar refractivity (Wildman–Crippen MR) is 102 cm³/mol. The normalized spacial score (nSPS) is 13.2. The lowest BCUT2D eigenvalue weighted by Crippen LogP contribution is -2.15. The van der Waals surface area contributed by atoms with Gasteiger partial charge < -0.3 is 4.74 Å². The van der Waals surface area contributed by atoms with Crippen LogP contribution in [0.25, 0.3) is 11.4 Å². The van der Waals surface area contributed by atoms with Gasteiger partial charge in [0.25, 0.3) is 0 Å². The van der Waals surface area contributed by atoms with Crippen LogP contribution in [0.2, 0.25) is 0 Å². The molecule has 6 nitrogen and oxygen atoms in total. The highest BCUT2D eigenvalue weighted by Crippen LogP contribution is 2.33. The SMILES string of the molecule is CS(C)(C)CCOCn1nc(-c2ccc(Br)cc2F)nc1S(C)(=O)=O. The van der Waals surface area contributed by atoms with Crippen molar-refractivity contribution < 1.29 is 17.5 Å². The molecular formula is C15H21BrFN3O3S2. The van der Waals surface area contributed by atoms with E-state index in [1.807, 2.05) is 0 Å². The smallest absolute Gasteiger partial charge is 0.248 e. The molecule has 140 valence electrons. The van der Waals surface area contributed by atoms with E-state index in [0.29, 0.717) is 11.1 Å². The molecule has 0 spiro atoms. The summed E-state index contributed by atoms with van der Waals surface area (Å²) in [4.78, 5) is 4.00. The van der Waals surface area contributed by atoms with Crippen LogP contribution in [-0.2, 0) is 21.3 Å². The van der Waals surface area contributed by atoms with Crippen LogP contribution in [-0.4, -0.2) is 60.6 Å². The molecule has 1 aromatic heterocycles. The maximum atomic E-state index is 14.1. The monoisotopic (exact) mass is 453 g/mol. The van der Waals surface area contributed by atoms with Gasteiger partial charge in [-0.25, -0.2) is 27.5 Å². The van der Waals surface area contributed by atoms with E-state index in [1.54, 1.807) is 6.07 Å². The summed E-state index contributed by atoms with van der Waals surface area (Å²) in [6.07, 6.45) is 7.54.